The molecular formula is C14H19N5O. The van der Waals surface area contributed by atoms with Crippen molar-refractivity contribution >= 4 is 11.6 Å². The van der Waals surface area contributed by atoms with Crippen LogP contribution in [-0.2, 0) is 4.79 Å². The van der Waals surface area contributed by atoms with Crippen LogP contribution < -0.4 is 11.1 Å². The Morgan fingerprint density at radius 3 is 2.65 bits per heavy atom. The van der Waals surface area contributed by atoms with E-state index in [0.29, 0.717) is 5.69 Å². The maximum atomic E-state index is 12.2. The van der Waals surface area contributed by atoms with Crippen LogP contribution in [-0.4, -0.2) is 26.7 Å². The normalized spacial score (nSPS) is 13.0. The SMILES string of the molecule is CC(C)(C)[C@H](N)C(=O)Nc1ccccc1-n1cncn1. The number of nitrogens with one attached hydrogen (secondary N) is 1. The highest BCUT2D eigenvalue weighted by Crippen LogP contribution is 2.22. The molecule has 0 saturated carbocycles. The fraction of sp³-hybridized carbons (Fsp3) is 0.357. The van der Waals surface area contributed by atoms with Crippen molar-refractivity contribution in [3.8, 4) is 5.69 Å². The van der Waals surface area contributed by atoms with Gasteiger partial charge in [-0.15, -0.1) is 0 Å². The summed E-state index contributed by atoms with van der Waals surface area (Å²) in [6.07, 6.45) is 3.02. The zero-order chi connectivity index (χ0) is 14.8. The first-order chi connectivity index (χ1) is 9.39. The van der Waals surface area contributed by atoms with E-state index < -0.39 is 6.04 Å². The summed E-state index contributed by atoms with van der Waals surface area (Å²) in [5, 5.41) is 6.92. The minimum Gasteiger partial charge on any atom is -0.323 e. The first kappa shape index (κ1) is 14.2. The third-order valence-electron chi connectivity index (χ3n) is 3.04. The van der Waals surface area contributed by atoms with Crippen LogP contribution in [0.5, 0.6) is 0 Å². The fourth-order valence-electron chi connectivity index (χ4n) is 1.72. The van der Waals surface area contributed by atoms with E-state index in [4.69, 9.17) is 5.73 Å². The van der Waals surface area contributed by atoms with Crippen LogP contribution in [0, 0.1) is 5.41 Å². The zero-order valence-electron chi connectivity index (χ0n) is 11.9. The Kier molecular flexibility index (Phi) is 3.85. The number of carbonyl (C=O) groups is 1. The Balaban J connectivity index is 2.25. The minimum absolute atomic E-state index is 0.218. The molecule has 0 saturated heterocycles. The monoisotopic (exact) mass is 273 g/mol. The third-order valence-corrected chi connectivity index (χ3v) is 3.04. The molecule has 20 heavy (non-hydrogen) atoms. The number of aromatic nitrogens is 3. The summed E-state index contributed by atoms with van der Waals surface area (Å²) >= 11 is 0. The predicted octanol–water partition coefficient (Wildman–Crippen LogP) is 1.58. The van der Waals surface area contributed by atoms with Crippen molar-refractivity contribution in [2.24, 2.45) is 11.1 Å². The molecule has 6 heteroatoms. The summed E-state index contributed by atoms with van der Waals surface area (Å²) < 4.78 is 1.60. The summed E-state index contributed by atoms with van der Waals surface area (Å²) in [6, 6.07) is 6.79. The topological polar surface area (TPSA) is 85.8 Å². The van der Waals surface area contributed by atoms with Crippen molar-refractivity contribution in [2.45, 2.75) is 26.8 Å². The van der Waals surface area contributed by atoms with Crippen molar-refractivity contribution in [1.82, 2.24) is 14.8 Å². The van der Waals surface area contributed by atoms with E-state index in [0.717, 1.165) is 5.69 Å². The van der Waals surface area contributed by atoms with E-state index >= 15 is 0 Å². The van der Waals surface area contributed by atoms with Crippen LogP contribution in [0.25, 0.3) is 5.69 Å². The minimum atomic E-state index is -0.591. The molecular weight excluding hydrogens is 254 g/mol. The molecule has 0 aliphatic rings. The quantitative estimate of drug-likeness (QED) is 0.889. The van der Waals surface area contributed by atoms with Gasteiger partial charge < -0.3 is 11.1 Å². The van der Waals surface area contributed by atoms with Gasteiger partial charge in [0.2, 0.25) is 5.91 Å². The van der Waals surface area contributed by atoms with Gasteiger partial charge in [-0.3, -0.25) is 4.79 Å². The van der Waals surface area contributed by atoms with Gasteiger partial charge in [0, 0.05) is 0 Å². The predicted molar refractivity (Wildman–Crippen MR) is 77.4 cm³/mol. The average molecular weight is 273 g/mol. The van der Waals surface area contributed by atoms with Crippen molar-refractivity contribution in [2.75, 3.05) is 5.32 Å². The molecule has 1 aromatic heterocycles. The number of rotatable bonds is 3. The molecule has 106 valence electrons. The van der Waals surface area contributed by atoms with Gasteiger partial charge in [-0.1, -0.05) is 32.9 Å². The van der Waals surface area contributed by atoms with E-state index in [1.165, 1.54) is 6.33 Å². The molecule has 0 fully saturated rings. The maximum absolute atomic E-state index is 12.2. The lowest BCUT2D eigenvalue weighted by Crippen LogP contribution is -2.45. The van der Waals surface area contributed by atoms with Gasteiger partial charge in [-0.2, -0.15) is 5.10 Å². The van der Waals surface area contributed by atoms with Gasteiger partial charge in [0.1, 0.15) is 12.7 Å². The van der Waals surface area contributed by atoms with Gasteiger partial charge in [0.05, 0.1) is 17.4 Å². The second-order valence-corrected chi connectivity index (χ2v) is 5.69. The third kappa shape index (κ3) is 3.03. The number of anilines is 1. The van der Waals surface area contributed by atoms with Crippen LogP contribution in [0.1, 0.15) is 20.8 Å². The van der Waals surface area contributed by atoms with Crippen LogP contribution in [0.15, 0.2) is 36.9 Å². The van der Waals surface area contributed by atoms with Gasteiger partial charge >= 0.3 is 0 Å². The lowest BCUT2D eigenvalue weighted by Gasteiger charge is -2.26. The van der Waals surface area contributed by atoms with Crippen molar-refractivity contribution in [1.29, 1.82) is 0 Å². The highest BCUT2D eigenvalue weighted by atomic mass is 16.2. The molecule has 2 aromatic rings. The van der Waals surface area contributed by atoms with Gasteiger partial charge in [-0.25, -0.2) is 9.67 Å². The molecule has 1 aromatic carbocycles. The zero-order valence-corrected chi connectivity index (χ0v) is 11.9. The standard InChI is InChI=1S/C14H19N5O/c1-14(2,3)12(15)13(20)18-10-6-4-5-7-11(10)19-9-16-8-17-19/h4-9,12H,15H2,1-3H3,(H,18,20)/t12-/m1/s1. The summed E-state index contributed by atoms with van der Waals surface area (Å²) in [7, 11) is 0. The molecule has 0 aliphatic carbocycles. The smallest absolute Gasteiger partial charge is 0.241 e. The first-order valence-electron chi connectivity index (χ1n) is 6.40. The first-order valence-corrected chi connectivity index (χ1v) is 6.40. The molecule has 1 amide bonds. The fourth-order valence-corrected chi connectivity index (χ4v) is 1.72. The van der Waals surface area contributed by atoms with Crippen molar-refractivity contribution in [3.63, 3.8) is 0 Å². The van der Waals surface area contributed by atoms with Gasteiger partial charge in [-0.05, 0) is 17.5 Å². The van der Waals surface area contributed by atoms with Crippen LogP contribution >= 0.6 is 0 Å². The largest absolute Gasteiger partial charge is 0.323 e. The van der Waals surface area contributed by atoms with Crippen LogP contribution in [0.3, 0.4) is 0 Å². The molecule has 0 unspecified atom stereocenters. The summed E-state index contributed by atoms with van der Waals surface area (Å²) in [4.78, 5) is 16.1. The van der Waals surface area contributed by atoms with E-state index in [2.05, 4.69) is 15.4 Å². The van der Waals surface area contributed by atoms with E-state index in [9.17, 15) is 4.79 Å². The molecule has 0 radical (unpaired) electrons. The Hall–Kier alpha value is -2.21. The lowest BCUT2D eigenvalue weighted by molar-refractivity contribution is -0.119. The molecule has 0 spiro atoms. The summed E-state index contributed by atoms with van der Waals surface area (Å²) in [5.41, 5.74) is 7.07. The maximum Gasteiger partial charge on any atom is 0.241 e. The molecule has 0 bridgehead atoms. The summed E-state index contributed by atoms with van der Waals surface area (Å²) in [5.74, 6) is -0.218. The van der Waals surface area contributed by atoms with Gasteiger partial charge in [0.15, 0.2) is 0 Å². The Labute approximate surface area is 118 Å². The molecule has 3 N–H and O–H groups in total. The Morgan fingerprint density at radius 2 is 2.05 bits per heavy atom. The number of carbonyl (C=O) groups excluding carboxylic acids is 1. The number of amides is 1. The Bertz CT molecular complexity index is 586. The second kappa shape index (κ2) is 5.42. The highest BCUT2D eigenvalue weighted by Gasteiger charge is 2.27. The van der Waals surface area contributed by atoms with Gasteiger partial charge in [0.25, 0.3) is 0 Å². The molecule has 1 heterocycles. The lowest BCUT2D eigenvalue weighted by atomic mass is 9.87. The van der Waals surface area contributed by atoms with E-state index in [-0.39, 0.29) is 11.3 Å². The van der Waals surface area contributed by atoms with Crippen molar-refractivity contribution in [3.05, 3.63) is 36.9 Å². The second-order valence-electron chi connectivity index (χ2n) is 5.69. The molecule has 6 nitrogen and oxygen atoms in total. The summed E-state index contributed by atoms with van der Waals surface area (Å²) in [6.45, 7) is 5.79. The van der Waals surface area contributed by atoms with Crippen molar-refractivity contribution < 1.29 is 4.79 Å². The van der Waals surface area contributed by atoms with E-state index in [1.807, 2.05) is 45.0 Å². The molecule has 0 aliphatic heterocycles. The Morgan fingerprint density at radius 1 is 1.35 bits per heavy atom. The number of nitrogens with two attached hydrogens (primary N) is 1. The molecule has 1 atom stereocenters. The van der Waals surface area contributed by atoms with E-state index in [1.54, 1.807) is 11.0 Å². The molecule has 2 rings (SSSR count). The highest BCUT2D eigenvalue weighted by molar-refractivity contribution is 5.96. The van der Waals surface area contributed by atoms with Crippen LogP contribution in [0.2, 0.25) is 0 Å². The van der Waals surface area contributed by atoms with Crippen LogP contribution in [0.4, 0.5) is 5.69 Å². The average Bonchev–Trinajstić information content (AvgIpc) is 2.91. The number of nitrogens with zero attached hydrogens (tertiary/aromatic N) is 3. The number of hydrogen-bond donors (Lipinski definition) is 2. The number of benzene rings is 1. The number of hydrogen-bond acceptors (Lipinski definition) is 4. The number of para-hydroxylation sites is 2.